The van der Waals surface area contributed by atoms with Crippen LogP contribution in [0.2, 0.25) is 0 Å². The predicted molar refractivity (Wildman–Crippen MR) is 71.2 cm³/mol. The van der Waals surface area contributed by atoms with E-state index in [0.717, 1.165) is 12.1 Å². The van der Waals surface area contributed by atoms with Gasteiger partial charge in [-0.25, -0.2) is 4.79 Å². The molecule has 0 saturated heterocycles. The molecule has 0 aliphatic carbocycles. The van der Waals surface area contributed by atoms with Crippen LogP contribution in [0, 0.1) is 6.92 Å². The zero-order valence-electron chi connectivity index (χ0n) is 10.4. The molecular formula is C12H11NO6S. The van der Waals surface area contributed by atoms with Crippen molar-refractivity contribution in [2.75, 3.05) is 5.73 Å². The maximum atomic E-state index is 11.7. The molecule has 1 heterocycles. The van der Waals surface area contributed by atoms with Gasteiger partial charge in [0.1, 0.15) is 16.8 Å². The average molecular weight is 297 g/mol. The number of aryl methyl sites for hydroxylation is 1. The van der Waals surface area contributed by atoms with Crippen LogP contribution >= 0.6 is 0 Å². The maximum absolute atomic E-state index is 11.7. The highest BCUT2D eigenvalue weighted by Crippen LogP contribution is 2.27. The fourth-order valence-electron chi connectivity index (χ4n) is 1.97. The third kappa shape index (κ3) is 2.30. The lowest BCUT2D eigenvalue weighted by atomic mass is 10.0. The standard InChI is InChI=1S/C12H11NO6S/c1-6-7(2-3-14)12(15)19-10-5-9(13)11(4-8(6)10)20(16,17)18/h3-5H,2,13H2,1H3,(H,16,17,18). The molecule has 8 heteroatoms. The SMILES string of the molecule is Cc1c(CC=O)c(=O)oc2cc(N)c(S(=O)(=O)O)cc12. The molecule has 0 aliphatic heterocycles. The topological polar surface area (TPSA) is 128 Å². The van der Waals surface area contributed by atoms with E-state index in [0.29, 0.717) is 17.2 Å². The van der Waals surface area contributed by atoms with Crippen molar-refractivity contribution < 1.29 is 22.2 Å². The molecule has 106 valence electrons. The second-order valence-corrected chi connectivity index (χ2v) is 5.62. The number of hydrogen-bond donors (Lipinski definition) is 2. The first kappa shape index (κ1) is 14.2. The molecule has 0 aliphatic rings. The van der Waals surface area contributed by atoms with Gasteiger partial charge in [0, 0.05) is 23.4 Å². The van der Waals surface area contributed by atoms with Crippen LogP contribution in [0.5, 0.6) is 0 Å². The summed E-state index contributed by atoms with van der Waals surface area (Å²) in [5.41, 5.74) is 5.24. The predicted octanol–water partition coefficient (Wildman–Crippen LogP) is 0.672. The van der Waals surface area contributed by atoms with Crippen molar-refractivity contribution in [3.05, 3.63) is 33.7 Å². The van der Waals surface area contributed by atoms with Gasteiger partial charge in [0.05, 0.1) is 5.69 Å². The number of nitrogen functional groups attached to an aromatic ring is 1. The van der Waals surface area contributed by atoms with Crippen molar-refractivity contribution in [2.45, 2.75) is 18.2 Å². The number of carbonyl (C=O) groups excluding carboxylic acids is 1. The normalized spacial score (nSPS) is 11.7. The minimum absolute atomic E-state index is 0.0899. The summed E-state index contributed by atoms with van der Waals surface area (Å²) in [6, 6.07) is 2.27. The molecule has 0 amide bonds. The Hall–Kier alpha value is -2.19. The Labute approximate surface area is 113 Å². The van der Waals surface area contributed by atoms with E-state index in [1.165, 1.54) is 0 Å². The molecule has 20 heavy (non-hydrogen) atoms. The molecule has 0 saturated carbocycles. The molecule has 2 aromatic rings. The van der Waals surface area contributed by atoms with Crippen LogP contribution in [0.4, 0.5) is 5.69 Å². The Kier molecular flexibility index (Phi) is 3.36. The summed E-state index contributed by atoms with van der Waals surface area (Å²) in [5, 5.41) is 0.295. The lowest BCUT2D eigenvalue weighted by Crippen LogP contribution is -2.12. The zero-order valence-corrected chi connectivity index (χ0v) is 11.2. The number of benzene rings is 1. The van der Waals surface area contributed by atoms with E-state index < -0.39 is 20.6 Å². The van der Waals surface area contributed by atoms with Crippen molar-refractivity contribution in [1.29, 1.82) is 0 Å². The molecule has 3 N–H and O–H groups in total. The van der Waals surface area contributed by atoms with Crippen LogP contribution in [0.15, 0.2) is 26.2 Å². The largest absolute Gasteiger partial charge is 0.422 e. The Morgan fingerprint density at radius 3 is 2.60 bits per heavy atom. The van der Waals surface area contributed by atoms with Crippen molar-refractivity contribution in [2.24, 2.45) is 0 Å². The fourth-order valence-corrected chi connectivity index (χ4v) is 2.60. The van der Waals surface area contributed by atoms with Crippen LogP contribution in [-0.4, -0.2) is 19.3 Å². The van der Waals surface area contributed by atoms with E-state index in [4.69, 9.17) is 14.7 Å². The molecule has 0 unspecified atom stereocenters. The lowest BCUT2D eigenvalue weighted by Gasteiger charge is -2.08. The van der Waals surface area contributed by atoms with Crippen molar-refractivity contribution >= 4 is 33.1 Å². The van der Waals surface area contributed by atoms with Gasteiger partial charge in [-0.1, -0.05) is 0 Å². The van der Waals surface area contributed by atoms with Crippen LogP contribution in [0.3, 0.4) is 0 Å². The number of anilines is 1. The average Bonchev–Trinajstić information content (AvgIpc) is 2.32. The van der Waals surface area contributed by atoms with E-state index in [1.54, 1.807) is 6.92 Å². The van der Waals surface area contributed by atoms with Gasteiger partial charge in [0.2, 0.25) is 0 Å². The third-order valence-electron chi connectivity index (χ3n) is 2.98. The molecule has 2 rings (SSSR count). The first-order chi connectivity index (χ1) is 9.25. The summed E-state index contributed by atoms with van der Waals surface area (Å²) in [6.07, 6.45) is 0.405. The minimum atomic E-state index is -4.49. The summed E-state index contributed by atoms with van der Waals surface area (Å²) >= 11 is 0. The molecule has 1 aromatic carbocycles. The van der Waals surface area contributed by atoms with Gasteiger partial charge in [-0.15, -0.1) is 0 Å². The Balaban J connectivity index is 2.93. The summed E-state index contributed by atoms with van der Waals surface area (Å²) in [6.45, 7) is 1.56. The number of fused-ring (bicyclic) bond motifs is 1. The van der Waals surface area contributed by atoms with Crippen LogP contribution < -0.4 is 11.4 Å². The van der Waals surface area contributed by atoms with Crippen molar-refractivity contribution in [3.8, 4) is 0 Å². The Morgan fingerprint density at radius 2 is 2.05 bits per heavy atom. The minimum Gasteiger partial charge on any atom is -0.422 e. The smallest absolute Gasteiger partial charge is 0.340 e. The molecule has 7 nitrogen and oxygen atoms in total. The quantitative estimate of drug-likeness (QED) is 0.369. The molecule has 1 aromatic heterocycles. The summed E-state index contributed by atoms with van der Waals surface area (Å²) in [7, 11) is -4.49. The summed E-state index contributed by atoms with van der Waals surface area (Å²) in [5.74, 6) is 0. The second-order valence-electron chi connectivity index (χ2n) is 4.23. The van der Waals surface area contributed by atoms with E-state index in [-0.39, 0.29) is 23.3 Å². The number of carbonyl (C=O) groups is 1. The van der Waals surface area contributed by atoms with Crippen molar-refractivity contribution in [1.82, 2.24) is 0 Å². The highest BCUT2D eigenvalue weighted by atomic mass is 32.2. The van der Waals surface area contributed by atoms with E-state index in [1.807, 2.05) is 0 Å². The number of hydrogen-bond acceptors (Lipinski definition) is 6. The highest BCUT2D eigenvalue weighted by Gasteiger charge is 2.18. The number of nitrogens with two attached hydrogens (primary N) is 1. The van der Waals surface area contributed by atoms with Crippen LogP contribution in [0.25, 0.3) is 11.0 Å². The number of rotatable bonds is 3. The first-order valence-corrected chi connectivity index (χ1v) is 6.96. The molecule has 0 atom stereocenters. The third-order valence-corrected chi connectivity index (χ3v) is 3.89. The van der Waals surface area contributed by atoms with Gasteiger partial charge in [-0.2, -0.15) is 8.42 Å². The van der Waals surface area contributed by atoms with Gasteiger partial charge in [0.15, 0.2) is 0 Å². The summed E-state index contributed by atoms with van der Waals surface area (Å²) < 4.78 is 36.5. The highest BCUT2D eigenvalue weighted by molar-refractivity contribution is 7.86. The van der Waals surface area contributed by atoms with Crippen molar-refractivity contribution in [3.63, 3.8) is 0 Å². The fraction of sp³-hybridized carbons (Fsp3) is 0.167. The summed E-state index contributed by atoms with van der Waals surface area (Å²) in [4.78, 5) is 21.8. The molecule has 0 bridgehead atoms. The monoisotopic (exact) mass is 297 g/mol. The Morgan fingerprint density at radius 1 is 1.40 bits per heavy atom. The van der Waals surface area contributed by atoms with Gasteiger partial charge < -0.3 is 14.9 Å². The molecular weight excluding hydrogens is 286 g/mol. The second kappa shape index (κ2) is 4.73. The van der Waals surface area contributed by atoms with Gasteiger partial charge in [-0.3, -0.25) is 4.55 Å². The molecule has 0 spiro atoms. The molecule has 0 fully saturated rings. The maximum Gasteiger partial charge on any atom is 0.340 e. The zero-order chi connectivity index (χ0) is 15.1. The van der Waals surface area contributed by atoms with E-state index >= 15 is 0 Å². The van der Waals surface area contributed by atoms with Gasteiger partial charge in [0.25, 0.3) is 10.1 Å². The lowest BCUT2D eigenvalue weighted by molar-refractivity contribution is -0.107. The molecule has 0 radical (unpaired) electrons. The number of aldehydes is 1. The van der Waals surface area contributed by atoms with Crippen LogP contribution in [0.1, 0.15) is 11.1 Å². The first-order valence-electron chi connectivity index (χ1n) is 5.52. The van der Waals surface area contributed by atoms with Gasteiger partial charge in [-0.05, 0) is 18.6 Å². The van der Waals surface area contributed by atoms with E-state index in [2.05, 4.69) is 0 Å². The van der Waals surface area contributed by atoms with E-state index in [9.17, 15) is 18.0 Å². The van der Waals surface area contributed by atoms with Gasteiger partial charge >= 0.3 is 5.63 Å². The van der Waals surface area contributed by atoms with Crippen LogP contribution in [-0.2, 0) is 21.3 Å². The Bertz CT molecular complexity index is 866.